The third-order valence-electron chi connectivity index (χ3n) is 6.75. The number of carbonyl (C=O) groups is 1. The van der Waals surface area contributed by atoms with Gasteiger partial charge in [0, 0.05) is 0 Å². The van der Waals surface area contributed by atoms with Gasteiger partial charge in [-0.1, -0.05) is 59.9 Å². The number of hydrogen-bond donors (Lipinski definition) is 0. The molecule has 1 aromatic heterocycles. The summed E-state index contributed by atoms with van der Waals surface area (Å²) in [7, 11) is 1.59. The normalized spacial score (nSPS) is 14.7. The highest BCUT2D eigenvalue weighted by atomic mass is 32.1. The van der Waals surface area contributed by atoms with Crippen LogP contribution in [0.4, 0.5) is 0 Å². The van der Waals surface area contributed by atoms with Gasteiger partial charge < -0.3 is 18.9 Å². The van der Waals surface area contributed by atoms with Crippen LogP contribution in [0.5, 0.6) is 17.2 Å². The Kier molecular flexibility index (Phi) is 8.88. The average molecular weight is 585 g/mol. The Balaban J connectivity index is 1.56. The lowest BCUT2D eigenvalue weighted by molar-refractivity contribution is -0.139. The molecule has 5 rings (SSSR count). The second-order valence-electron chi connectivity index (χ2n) is 9.49. The molecule has 4 aromatic rings. The van der Waals surface area contributed by atoms with E-state index in [4.69, 9.17) is 18.9 Å². The first-order chi connectivity index (χ1) is 20.4. The zero-order chi connectivity index (χ0) is 29.6. The fourth-order valence-corrected chi connectivity index (χ4v) is 5.83. The number of allylic oxidation sites excluding steroid dienone is 1. The average Bonchev–Trinajstić information content (AvgIpc) is 3.30. The first-order valence-electron chi connectivity index (χ1n) is 13.7. The van der Waals surface area contributed by atoms with Crippen LogP contribution in [0.1, 0.15) is 43.5 Å². The Morgan fingerprint density at radius 1 is 0.976 bits per heavy atom. The molecule has 0 saturated heterocycles. The highest BCUT2D eigenvalue weighted by molar-refractivity contribution is 7.07. The van der Waals surface area contributed by atoms with Crippen LogP contribution in [-0.4, -0.2) is 30.9 Å². The highest BCUT2D eigenvalue weighted by Gasteiger charge is 2.33. The molecule has 1 unspecified atom stereocenters. The summed E-state index contributed by atoms with van der Waals surface area (Å²) >= 11 is 1.27. The molecule has 1 atom stereocenters. The van der Waals surface area contributed by atoms with Crippen LogP contribution in [0.15, 0.2) is 93.9 Å². The number of thiazole rings is 1. The molecule has 1 aliphatic heterocycles. The van der Waals surface area contributed by atoms with E-state index in [9.17, 15) is 9.59 Å². The number of nitrogens with zero attached hydrogens (tertiary/aromatic N) is 2. The van der Waals surface area contributed by atoms with Crippen LogP contribution in [0, 0.1) is 0 Å². The molecule has 0 fully saturated rings. The molecule has 3 aromatic carbocycles. The molecule has 1 aliphatic rings. The second kappa shape index (κ2) is 12.9. The van der Waals surface area contributed by atoms with Crippen molar-refractivity contribution in [1.29, 1.82) is 0 Å². The molecular formula is C33H32N2O6S. The van der Waals surface area contributed by atoms with Gasteiger partial charge in [-0.3, -0.25) is 9.36 Å². The molecule has 0 saturated carbocycles. The van der Waals surface area contributed by atoms with Gasteiger partial charge >= 0.3 is 5.97 Å². The Morgan fingerprint density at radius 3 is 2.43 bits per heavy atom. The lowest BCUT2D eigenvalue weighted by atomic mass is 9.96. The van der Waals surface area contributed by atoms with Crippen LogP contribution >= 0.6 is 11.3 Å². The molecule has 8 nitrogen and oxygen atoms in total. The van der Waals surface area contributed by atoms with E-state index >= 15 is 0 Å². The van der Waals surface area contributed by atoms with Crippen LogP contribution in [0.3, 0.4) is 0 Å². The number of benzene rings is 3. The number of carbonyl (C=O) groups excluding carboxylic acids is 1. The number of fused-ring (bicyclic) bond motifs is 1. The Morgan fingerprint density at radius 2 is 1.74 bits per heavy atom. The van der Waals surface area contributed by atoms with E-state index in [0.29, 0.717) is 51.1 Å². The van der Waals surface area contributed by atoms with E-state index in [2.05, 4.69) is 4.99 Å². The summed E-state index contributed by atoms with van der Waals surface area (Å²) in [6.45, 7) is 6.51. The smallest absolute Gasteiger partial charge is 0.338 e. The van der Waals surface area contributed by atoms with E-state index in [1.54, 1.807) is 37.7 Å². The van der Waals surface area contributed by atoms with Crippen molar-refractivity contribution >= 4 is 23.4 Å². The molecule has 0 bridgehead atoms. The number of rotatable bonds is 10. The van der Waals surface area contributed by atoms with Gasteiger partial charge in [0.05, 0.1) is 42.2 Å². The molecular weight excluding hydrogens is 552 g/mol. The van der Waals surface area contributed by atoms with Crippen molar-refractivity contribution in [1.82, 2.24) is 4.57 Å². The highest BCUT2D eigenvalue weighted by Crippen LogP contribution is 2.32. The zero-order valence-corrected chi connectivity index (χ0v) is 24.8. The fraction of sp³-hybridized carbons (Fsp3) is 0.242. The minimum absolute atomic E-state index is 0.211. The maximum atomic E-state index is 13.9. The van der Waals surface area contributed by atoms with Crippen LogP contribution in [0.25, 0.3) is 6.08 Å². The number of hydrogen-bond acceptors (Lipinski definition) is 8. The number of aromatic nitrogens is 1. The SMILES string of the molecule is CCOC(=O)C1=C(C)N=c2s/c(=C/c3ccc(OCc4ccccc4)c(OCC)c3)c(=O)n2C1c1ccc(OC)cc1. The van der Waals surface area contributed by atoms with Crippen molar-refractivity contribution < 1.29 is 23.7 Å². The summed E-state index contributed by atoms with van der Waals surface area (Å²) in [5.41, 5.74) is 3.17. The van der Waals surface area contributed by atoms with E-state index in [1.807, 2.05) is 73.7 Å². The molecule has 0 spiro atoms. The summed E-state index contributed by atoms with van der Waals surface area (Å²) in [5.74, 6) is 1.38. The predicted octanol–water partition coefficient (Wildman–Crippen LogP) is 4.78. The lowest BCUT2D eigenvalue weighted by Gasteiger charge is -2.24. The fourth-order valence-electron chi connectivity index (χ4n) is 4.78. The van der Waals surface area contributed by atoms with E-state index in [-0.39, 0.29) is 12.2 Å². The molecule has 216 valence electrons. The summed E-state index contributed by atoms with van der Waals surface area (Å²) in [6, 6.07) is 22.1. The standard InChI is InChI=1S/C33H32N2O6S/c1-5-39-27-18-23(12-17-26(27)41-20-22-10-8-7-9-11-22)19-28-31(36)35-30(24-13-15-25(38-4)16-14-24)29(32(37)40-6-2)21(3)34-33(35)42-28/h7-19,30H,5-6,20H2,1-4H3/b28-19+. The third kappa shape index (κ3) is 6.01. The molecule has 0 radical (unpaired) electrons. The second-order valence-corrected chi connectivity index (χ2v) is 10.5. The van der Waals surface area contributed by atoms with Gasteiger partial charge in [-0.15, -0.1) is 0 Å². The first-order valence-corrected chi connectivity index (χ1v) is 14.5. The van der Waals surface area contributed by atoms with Crippen molar-refractivity contribution in [2.45, 2.75) is 33.4 Å². The van der Waals surface area contributed by atoms with Gasteiger partial charge in [0.15, 0.2) is 16.3 Å². The van der Waals surface area contributed by atoms with Crippen molar-refractivity contribution in [3.8, 4) is 17.2 Å². The number of ether oxygens (including phenoxy) is 4. The summed E-state index contributed by atoms with van der Waals surface area (Å²) in [6.07, 6.45) is 1.81. The van der Waals surface area contributed by atoms with E-state index in [0.717, 1.165) is 16.7 Å². The predicted molar refractivity (Wildman–Crippen MR) is 162 cm³/mol. The van der Waals surface area contributed by atoms with E-state index in [1.165, 1.54) is 11.3 Å². The maximum absolute atomic E-state index is 13.9. The van der Waals surface area contributed by atoms with Crippen LogP contribution in [-0.2, 0) is 16.1 Å². The topological polar surface area (TPSA) is 88.4 Å². The monoisotopic (exact) mass is 584 g/mol. The summed E-state index contributed by atoms with van der Waals surface area (Å²) in [5, 5.41) is 0. The molecule has 0 N–H and O–H groups in total. The van der Waals surface area contributed by atoms with Gasteiger partial charge in [0.1, 0.15) is 12.4 Å². The first kappa shape index (κ1) is 28.9. The third-order valence-corrected chi connectivity index (χ3v) is 7.73. The summed E-state index contributed by atoms with van der Waals surface area (Å²) < 4.78 is 24.6. The quantitative estimate of drug-likeness (QED) is 0.249. The van der Waals surface area contributed by atoms with Gasteiger partial charge in [-0.05, 0) is 67.8 Å². The molecule has 0 aliphatic carbocycles. The summed E-state index contributed by atoms with van der Waals surface area (Å²) in [4.78, 5) is 32.2. The van der Waals surface area contributed by atoms with Crippen molar-refractivity contribution in [2.75, 3.05) is 20.3 Å². The Hall–Kier alpha value is -4.63. The van der Waals surface area contributed by atoms with Crippen molar-refractivity contribution in [3.05, 3.63) is 120 Å². The van der Waals surface area contributed by atoms with Crippen LogP contribution < -0.4 is 29.1 Å². The van der Waals surface area contributed by atoms with Crippen molar-refractivity contribution in [3.63, 3.8) is 0 Å². The molecule has 42 heavy (non-hydrogen) atoms. The molecule has 0 amide bonds. The van der Waals surface area contributed by atoms with Gasteiger partial charge in [0.2, 0.25) is 0 Å². The Bertz CT molecular complexity index is 1790. The molecule has 2 heterocycles. The number of methoxy groups -OCH3 is 1. The van der Waals surface area contributed by atoms with Gasteiger partial charge in [0.25, 0.3) is 5.56 Å². The number of esters is 1. The largest absolute Gasteiger partial charge is 0.497 e. The maximum Gasteiger partial charge on any atom is 0.338 e. The van der Waals surface area contributed by atoms with Crippen molar-refractivity contribution in [2.24, 2.45) is 4.99 Å². The van der Waals surface area contributed by atoms with E-state index < -0.39 is 12.0 Å². The lowest BCUT2D eigenvalue weighted by Crippen LogP contribution is -2.39. The Labute approximate surface area is 247 Å². The minimum Gasteiger partial charge on any atom is -0.497 e. The van der Waals surface area contributed by atoms with Gasteiger partial charge in [-0.2, -0.15) is 0 Å². The molecule has 9 heteroatoms. The van der Waals surface area contributed by atoms with Crippen LogP contribution in [0.2, 0.25) is 0 Å². The van der Waals surface area contributed by atoms with Gasteiger partial charge in [-0.25, -0.2) is 9.79 Å². The minimum atomic E-state index is -0.693. The zero-order valence-electron chi connectivity index (χ0n) is 24.0.